The Bertz CT molecular complexity index is 1520. The fraction of sp³-hybridized carbons (Fsp3) is 0.259. The zero-order valence-corrected chi connectivity index (χ0v) is 19.4. The van der Waals surface area contributed by atoms with Crippen LogP contribution >= 0.6 is 0 Å². The van der Waals surface area contributed by atoms with Crippen molar-refractivity contribution < 1.29 is 9.47 Å². The molecule has 3 aliphatic heterocycles. The van der Waals surface area contributed by atoms with Crippen LogP contribution in [-0.4, -0.2) is 44.9 Å². The quantitative estimate of drug-likeness (QED) is 0.386. The minimum Gasteiger partial charge on any atom is -0.495 e. The lowest BCUT2D eigenvalue weighted by molar-refractivity contribution is 0.0540. The van der Waals surface area contributed by atoms with Crippen molar-refractivity contribution in [3.63, 3.8) is 0 Å². The molecule has 4 heterocycles. The number of ether oxygens (including phenoxy) is 2. The van der Waals surface area contributed by atoms with Gasteiger partial charge in [-0.15, -0.1) is 0 Å². The molecule has 0 amide bonds. The summed E-state index contributed by atoms with van der Waals surface area (Å²) in [5.41, 5.74) is 4.94. The molecule has 3 aromatic rings. The number of aromatic nitrogens is 5. The summed E-state index contributed by atoms with van der Waals surface area (Å²) in [7, 11) is 1.63. The second-order valence-corrected chi connectivity index (χ2v) is 8.80. The average molecular weight is 468 g/mol. The van der Waals surface area contributed by atoms with Crippen LogP contribution in [0.1, 0.15) is 24.4 Å². The van der Waals surface area contributed by atoms with Crippen LogP contribution in [0.5, 0.6) is 5.75 Å². The van der Waals surface area contributed by atoms with E-state index in [0.29, 0.717) is 24.5 Å². The van der Waals surface area contributed by atoms with Gasteiger partial charge in [-0.1, -0.05) is 42.5 Å². The molecule has 0 saturated carbocycles. The van der Waals surface area contributed by atoms with E-state index in [1.165, 1.54) is 0 Å². The summed E-state index contributed by atoms with van der Waals surface area (Å²) < 4.78 is 14.4. The van der Waals surface area contributed by atoms with E-state index < -0.39 is 0 Å². The van der Waals surface area contributed by atoms with E-state index in [4.69, 9.17) is 19.7 Å². The Morgan fingerprint density at radius 3 is 2.69 bits per heavy atom. The van der Waals surface area contributed by atoms with E-state index in [-0.39, 0.29) is 11.6 Å². The summed E-state index contributed by atoms with van der Waals surface area (Å²) in [5, 5.41) is 10.4. The van der Waals surface area contributed by atoms with Crippen molar-refractivity contribution in [3.05, 3.63) is 82.9 Å². The Morgan fingerprint density at radius 1 is 1.03 bits per heavy atom. The van der Waals surface area contributed by atoms with Gasteiger partial charge < -0.3 is 9.47 Å². The molecule has 8 nitrogen and oxygen atoms in total. The Hall–Kier alpha value is -4.04. The summed E-state index contributed by atoms with van der Waals surface area (Å²) in [4.78, 5) is 17.5. The molecule has 6 rings (SSSR count). The Labute approximate surface area is 202 Å². The summed E-state index contributed by atoms with van der Waals surface area (Å²) >= 11 is 0. The maximum atomic E-state index is 13.3. The third kappa shape index (κ3) is 3.95. The van der Waals surface area contributed by atoms with E-state index in [2.05, 4.69) is 29.2 Å². The largest absolute Gasteiger partial charge is 0.495 e. The molecule has 0 radical (unpaired) electrons. The molecule has 3 aliphatic rings. The molecule has 0 bridgehead atoms. The Kier molecular flexibility index (Phi) is 5.50. The van der Waals surface area contributed by atoms with Gasteiger partial charge >= 0.3 is 0 Å². The number of hydrogen-bond acceptors (Lipinski definition) is 6. The third-order valence-corrected chi connectivity index (χ3v) is 6.55. The van der Waals surface area contributed by atoms with Crippen LogP contribution in [-0.2, 0) is 11.3 Å². The number of methoxy groups -OCH3 is 1. The second-order valence-electron chi connectivity index (χ2n) is 8.80. The number of fused-ring (bicyclic) bond motifs is 3. The Morgan fingerprint density at radius 2 is 1.89 bits per heavy atom. The molecular weight excluding hydrogens is 442 g/mol. The Balaban J connectivity index is 1.38. The molecule has 1 atom stereocenters. The van der Waals surface area contributed by atoms with Gasteiger partial charge in [-0.2, -0.15) is 10.2 Å². The van der Waals surface area contributed by atoms with Gasteiger partial charge in [0, 0.05) is 23.8 Å². The van der Waals surface area contributed by atoms with Crippen LogP contribution in [0.4, 0.5) is 0 Å². The van der Waals surface area contributed by atoms with E-state index >= 15 is 0 Å². The first-order valence-electron chi connectivity index (χ1n) is 11.8. The molecule has 1 saturated heterocycles. The first-order chi connectivity index (χ1) is 17.2. The standard InChI is InChI=1S/C27H25N5O3/c1-34-22-13-20(14-28-15-22)19-10-8-18(9-11-19)16-31-24-7-3-2-6-23(24)25-26(29-31)27(33)32(30-25)21-5-4-12-35-17-21/h2-3,6-11,13-15,21H,4-5,12,16-17H2,1H3. The number of para-hydroxylation sites is 1. The van der Waals surface area contributed by atoms with Gasteiger partial charge in [0.1, 0.15) is 11.4 Å². The monoisotopic (exact) mass is 467 g/mol. The molecule has 1 unspecified atom stereocenters. The minimum absolute atomic E-state index is 0.0451. The third-order valence-electron chi connectivity index (χ3n) is 6.55. The van der Waals surface area contributed by atoms with Crippen molar-refractivity contribution in [1.29, 1.82) is 0 Å². The van der Waals surface area contributed by atoms with Crippen LogP contribution in [0.25, 0.3) is 33.4 Å². The normalized spacial score (nSPS) is 16.1. The first-order valence-corrected chi connectivity index (χ1v) is 11.8. The van der Waals surface area contributed by atoms with Crippen molar-refractivity contribution in [3.8, 4) is 28.3 Å². The molecule has 35 heavy (non-hydrogen) atoms. The van der Waals surface area contributed by atoms with Crippen LogP contribution in [0.2, 0.25) is 0 Å². The molecular formula is C27H25N5O3. The molecule has 176 valence electrons. The lowest BCUT2D eigenvalue weighted by atomic mass is 10.1. The fourth-order valence-electron chi connectivity index (χ4n) is 4.70. The van der Waals surface area contributed by atoms with Crippen LogP contribution in [0.3, 0.4) is 0 Å². The second kappa shape index (κ2) is 8.96. The lowest BCUT2D eigenvalue weighted by Gasteiger charge is -2.21. The fourth-order valence-corrected chi connectivity index (χ4v) is 4.70. The van der Waals surface area contributed by atoms with Gasteiger partial charge in [0.2, 0.25) is 0 Å². The number of pyridine rings is 1. The summed E-state index contributed by atoms with van der Waals surface area (Å²) in [6.07, 6.45) is 5.32. The number of hydrogen-bond donors (Lipinski definition) is 0. The van der Waals surface area contributed by atoms with Gasteiger partial charge in [0.25, 0.3) is 5.56 Å². The molecule has 0 N–H and O–H groups in total. The summed E-state index contributed by atoms with van der Waals surface area (Å²) in [6.45, 7) is 1.78. The summed E-state index contributed by atoms with van der Waals surface area (Å²) in [5.74, 6) is 0.722. The highest BCUT2D eigenvalue weighted by Crippen LogP contribution is 2.28. The van der Waals surface area contributed by atoms with Gasteiger partial charge in [0.05, 0.1) is 38.0 Å². The molecule has 0 aliphatic carbocycles. The zero-order valence-electron chi connectivity index (χ0n) is 19.4. The predicted molar refractivity (Wildman–Crippen MR) is 133 cm³/mol. The lowest BCUT2D eigenvalue weighted by Crippen LogP contribution is -2.29. The maximum Gasteiger partial charge on any atom is 0.297 e. The van der Waals surface area contributed by atoms with Crippen molar-refractivity contribution in [1.82, 2.24) is 24.5 Å². The van der Waals surface area contributed by atoms with Gasteiger partial charge in [-0.25, -0.2) is 4.68 Å². The topological polar surface area (TPSA) is 84.1 Å². The van der Waals surface area contributed by atoms with Gasteiger partial charge in [-0.05, 0) is 36.1 Å². The SMILES string of the molecule is COc1cncc(-c2ccc(Cn3nc4c(=O)n(C5CCCOC5)nc-4c4ccccc43)cc2)c1. The van der Waals surface area contributed by atoms with Crippen LogP contribution in [0, 0.1) is 0 Å². The molecule has 1 aromatic heterocycles. The van der Waals surface area contributed by atoms with E-state index in [1.807, 2.05) is 41.2 Å². The van der Waals surface area contributed by atoms with Crippen LogP contribution in [0.15, 0.2) is 71.8 Å². The minimum atomic E-state index is -0.157. The average Bonchev–Trinajstić information content (AvgIpc) is 3.26. The molecule has 0 spiro atoms. The highest BCUT2D eigenvalue weighted by Gasteiger charge is 2.26. The number of rotatable bonds is 5. The van der Waals surface area contributed by atoms with E-state index in [9.17, 15) is 4.79 Å². The summed E-state index contributed by atoms with van der Waals surface area (Å²) in [6, 6.07) is 18.2. The first kappa shape index (κ1) is 21.5. The number of nitrogens with zero attached hydrogens (tertiary/aromatic N) is 5. The molecule has 8 heteroatoms. The van der Waals surface area contributed by atoms with E-state index in [1.54, 1.807) is 18.0 Å². The molecule has 2 aromatic carbocycles. The van der Waals surface area contributed by atoms with Crippen molar-refractivity contribution in [2.75, 3.05) is 20.3 Å². The van der Waals surface area contributed by atoms with Crippen molar-refractivity contribution >= 4 is 10.9 Å². The van der Waals surface area contributed by atoms with E-state index in [0.717, 1.165) is 52.8 Å². The highest BCUT2D eigenvalue weighted by molar-refractivity contribution is 5.92. The molecule has 1 fully saturated rings. The predicted octanol–water partition coefficient (Wildman–Crippen LogP) is 4.17. The smallest absolute Gasteiger partial charge is 0.297 e. The van der Waals surface area contributed by atoms with Gasteiger partial charge in [-0.3, -0.25) is 14.5 Å². The van der Waals surface area contributed by atoms with Crippen molar-refractivity contribution in [2.45, 2.75) is 25.4 Å². The van der Waals surface area contributed by atoms with Crippen molar-refractivity contribution in [2.24, 2.45) is 0 Å². The maximum absolute atomic E-state index is 13.3. The number of benzene rings is 2. The highest BCUT2D eigenvalue weighted by atomic mass is 16.5. The van der Waals surface area contributed by atoms with Crippen LogP contribution < -0.4 is 10.3 Å². The van der Waals surface area contributed by atoms with Gasteiger partial charge in [0.15, 0.2) is 5.69 Å². The zero-order chi connectivity index (χ0) is 23.8.